The molecule has 2 atom stereocenters. The standard InChI is InChI=1S/C43H54F2N4O5/c1-7-53-39(50)14-10-11-23-48-24-21-31(22-25-48)16-17-32-18-20-34(36-13-9-8-12-35(32)36)30(3)46-40(51)37-26-33(19-15-29(37)2)47-38-27-49(28-43(38,44)45)41(52)54-42(4,5)6/h8-9,12-13,15,18-20,26,30-31,38,47H,7,10-11,14,21-25,27-28H2,1-6H3,(H,46,51)/t30-,38+/m1/s1. The predicted molar refractivity (Wildman–Crippen MR) is 208 cm³/mol. The molecule has 0 radical (unpaired) electrons. The van der Waals surface area contributed by atoms with E-state index >= 15 is 8.78 Å². The van der Waals surface area contributed by atoms with Crippen molar-refractivity contribution >= 4 is 34.4 Å². The number of benzene rings is 3. The highest BCUT2D eigenvalue weighted by Gasteiger charge is 2.50. The normalized spacial score (nSPS) is 18.1. The molecule has 290 valence electrons. The Bertz CT molecular complexity index is 1870. The average molecular weight is 745 g/mol. The smallest absolute Gasteiger partial charge is 0.410 e. The third-order valence-electron chi connectivity index (χ3n) is 9.97. The van der Waals surface area contributed by atoms with E-state index in [2.05, 4.69) is 33.4 Å². The summed E-state index contributed by atoms with van der Waals surface area (Å²) < 4.78 is 40.4. The lowest BCUT2D eigenvalue weighted by Gasteiger charge is -2.29. The first-order valence-electron chi connectivity index (χ1n) is 19.1. The first-order valence-corrected chi connectivity index (χ1v) is 19.1. The number of likely N-dealkylation sites (tertiary alicyclic amines) is 2. The molecule has 54 heavy (non-hydrogen) atoms. The number of halogens is 2. The minimum atomic E-state index is -3.19. The van der Waals surface area contributed by atoms with Crippen LogP contribution in [-0.2, 0) is 14.3 Å². The number of carbonyl (C=O) groups is 3. The van der Waals surface area contributed by atoms with Gasteiger partial charge in [0.1, 0.15) is 11.6 Å². The van der Waals surface area contributed by atoms with Crippen molar-refractivity contribution in [1.82, 2.24) is 15.1 Å². The molecule has 0 aromatic heterocycles. The average Bonchev–Trinajstić information content (AvgIpc) is 3.43. The fourth-order valence-electron chi connectivity index (χ4n) is 7.04. The lowest BCUT2D eigenvalue weighted by Crippen LogP contribution is -2.38. The molecule has 3 aromatic carbocycles. The highest BCUT2D eigenvalue weighted by Crippen LogP contribution is 2.32. The van der Waals surface area contributed by atoms with Gasteiger partial charge >= 0.3 is 12.1 Å². The second-order valence-corrected chi connectivity index (χ2v) is 15.4. The minimum Gasteiger partial charge on any atom is -0.466 e. The van der Waals surface area contributed by atoms with Crippen molar-refractivity contribution in [2.24, 2.45) is 5.92 Å². The molecule has 0 saturated carbocycles. The van der Waals surface area contributed by atoms with E-state index in [1.54, 1.807) is 45.9 Å². The molecule has 9 nitrogen and oxygen atoms in total. The topological polar surface area (TPSA) is 100 Å². The third-order valence-corrected chi connectivity index (χ3v) is 9.97. The Morgan fingerprint density at radius 1 is 1.02 bits per heavy atom. The van der Waals surface area contributed by atoms with Gasteiger partial charge in [-0.2, -0.15) is 0 Å². The number of amides is 2. The van der Waals surface area contributed by atoms with E-state index in [-0.39, 0.29) is 24.5 Å². The van der Waals surface area contributed by atoms with Crippen molar-refractivity contribution in [2.45, 2.75) is 97.3 Å². The minimum absolute atomic E-state index is 0.120. The number of unbranched alkanes of at least 4 members (excludes halogenated alkanes) is 1. The Hall–Kier alpha value is -4.69. The van der Waals surface area contributed by atoms with Crippen LogP contribution in [0.1, 0.15) is 99.8 Å². The number of hydrogen-bond donors (Lipinski definition) is 2. The summed E-state index contributed by atoms with van der Waals surface area (Å²) in [5.74, 6) is 3.65. The number of piperidine rings is 1. The van der Waals surface area contributed by atoms with Gasteiger partial charge in [0, 0.05) is 29.2 Å². The van der Waals surface area contributed by atoms with Gasteiger partial charge < -0.3 is 25.0 Å². The maximum absolute atomic E-state index is 15.0. The number of nitrogens with zero attached hydrogens (tertiary/aromatic N) is 2. The largest absolute Gasteiger partial charge is 0.466 e. The van der Waals surface area contributed by atoms with Crippen LogP contribution < -0.4 is 10.6 Å². The number of esters is 1. The molecule has 0 spiro atoms. The first kappa shape index (κ1) is 40.5. The Morgan fingerprint density at radius 2 is 1.74 bits per heavy atom. The van der Waals surface area contributed by atoms with E-state index in [0.717, 1.165) is 72.1 Å². The van der Waals surface area contributed by atoms with E-state index in [0.29, 0.717) is 35.8 Å². The summed E-state index contributed by atoms with van der Waals surface area (Å²) in [4.78, 5) is 41.2. The van der Waals surface area contributed by atoms with Crippen LogP contribution in [-0.4, -0.2) is 84.7 Å². The second-order valence-electron chi connectivity index (χ2n) is 15.4. The lowest BCUT2D eigenvalue weighted by atomic mass is 9.94. The van der Waals surface area contributed by atoms with E-state index in [4.69, 9.17) is 9.47 Å². The van der Waals surface area contributed by atoms with Crippen molar-refractivity contribution in [3.63, 3.8) is 0 Å². The predicted octanol–water partition coefficient (Wildman–Crippen LogP) is 8.10. The molecule has 0 aliphatic carbocycles. The van der Waals surface area contributed by atoms with Crippen LogP contribution in [0.4, 0.5) is 19.3 Å². The van der Waals surface area contributed by atoms with Gasteiger partial charge in [-0.25, -0.2) is 13.6 Å². The molecule has 3 aromatic rings. The third kappa shape index (κ3) is 10.7. The number of ether oxygens (including phenoxy) is 2. The summed E-state index contributed by atoms with van der Waals surface area (Å²) in [7, 11) is 0. The van der Waals surface area contributed by atoms with Gasteiger partial charge in [0.15, 0.2) is 0 Å². The number of aryl methyl sites for hydroxylation is 1. The van der Waals surface area contributed by atoms with Crippen LogP contribution in [0.15, 0.2) is 54.6 Å². The summed E-state index contributed by atoms with van der Waals surface area (Å²) in [5.41, 5.74) is 2.52. The monoisotopic (exact) mass is 744 g/mol. The molecule has 5 rings (SSSR count). The van der Waals surface area contributed by atoms with Gasteiger partial charge in [0.25, 0.3) is 11.8 Å². The number of rotatable bonds is 11. The summed E-state index contributed by atoms with van der Waals surface area (Å²) in [6, 6.07) is 15.4. The molecule has 2 fully saturated rings. The van der Waals surface area contributed by atoms with E-state index < -0.39 is 30.2 Å². The first-order chi connectivity index (χ1) is 25.6. The summed E-state index contributed by atoms with van der Waals surface area (Å²) >= 11 is 0. The van der Waals surface area contributed by atoms with Crippen molar-refractivity contribution in [2.75, 3.05) is 44.6 Å². The van der Waals surface area contributed by atoms with Crippen LogP contribution in [0.5, 0.6) is 0 Å². The SMILES string of the molecule is CCOC(=O)CCCCN1CCC(C#Cc2ccc([C@@H](C)NC(=O)c3cc(N[C@H]4CN(C(=O)OC(C)(C)C)CC4(F)F)ccc3C)c3ccccc23)CC1. The number of hydrogen-bond acceptors (Lipinski definition) is 7. The van der Waals surface area contributed by atoms with E-state index in [9.17, 15) is 14.4 Å². The Balaban J connectivity index is 1.20. The van der Waals surface area contributed by atoms with Gasteiger partial charge in [-0.3, -0.25) is 14.5 Å². The number of nitrogens with one attached hydrogen (secondary N) is 2. The summed E-state index contributed by atoms with van der Waals surface area (Å²) in [6.07, 6.45) is 3.53. The van der Waals surface area contributed by atoms with Crippen molar-refractivity contribution in [1.29, 1.82) is 0 Å². The van der Waals surface area contributed by atoms with Crippen LogP contribution >= 0.6 is 0 Å². The van der Waals surface area contributed by atoms with E-state index in [1.165, 1.54) is 0 Å². The molecule has 11 heteroatoms. The van der Waals surface area contributed by atoms with Crippen molar-refractivity contribution in [3.05, 3.63) is 76.9 Å². The maximum Gasteiger partial charge on any atom is 0.410 e. The Morgan fingerprint density at radius 3 is 2.44 bits per heavy atom. The van der Waals surface area contributed by atoms with Crippen LogP contribution in [0, 0.1) is 24.7 Å². The molecule has 0 unspecified atom stereocenters. The quantitative estimate of drug-likeness (QED) is 0.116. The van der Waals surface area contributed by atoms with Crippen LogP contribution in [0.2, 0.25) is 0 Å². The second kappa shape index (κ2) is 17.6. The Labute approximate surface area is 318 Å². The van der Waals surface area contributed by atoms with Crippen LogP contribution in [0.3, 0.4) is 0 Å². The van der Waals surface area contributed by atoms with Gasteiger partial charge in [-0.15, -0.1) is 0 Å². The van der Waals surface area contributed by atoms with E-state index in [1.807, 2.05) is 44.2 Å². The lowest BCUT2D eigenvalue weighted by molar-refractivity contribution is -0.143. The van der Waals surface area contributed by atoms with Gasteiger partial charge in [-0.05, 0) is 127 Å². The summed E-state index contributed by atoms with van der Waals surface area (Å²) in [6.45, 7) is 13.0. The number of alkyl halides is 2. The fraction of sp³-hybridized carbons (Fsp3) is 0.512. The maximum atomic E-state index is 15.0. The molecule has 2 saturated heterocycles. The number of carbonyl (C=O) groups excluding carboxylic acids is 3. The number of anilines is 1. The number of fused-ring (bicyclic) bond motifs is 1. The van der Waals surface area contributed by atoms with Gasteiger partial charge in [0.2, 0.25) is 0 Å². The van der Waals surface area contributed by atoms with Crippen molar-refractivity contribution < 1.29 is 32.6 Å². The van der Waals surface area contributed by atoms with Crippen molar-refractivity contribution in [3.8, 4) is 11.8 Å². The Kier molecular flexibility index (Phi) is 13.2. The van der Waals surface area contributed by atoms with Gasteiger partial charge in [0.05, 0.1) is 25.7 Å². The zero-order valence-electron chi connectivity index (χ0n) is 32.4. The zero-order chi connectivity index (χ0) is 39.0. The molecule has 2 amide bonds. The van der Waals surface area contributed by atoms with Gasteiger partial charge in [-0.1, -0.05) is 48.2 Å². The molecular formula is C43H54F2N4O5. The van der Waals surface area contributed by atoms with Crippen LogP contribution in [0.25, 0.3) is 10.8 Å². The zero-order valence-corrected chi connectivity index (χ0v) is 32.4. The highest BCUT2D eigenvalue weighted by molar-refractivity contribution is 5.97. The molecule has 2 aliphatic rings. The fourth-order valence-corrected chi connectivity index (χ4v) is 7.04. The molecule has 0 bridgehead atoms. The molecule has 2 heterocycles. The summed E-state index contributed by atoms with van der Waals surface area (Å²) in [5, 5.41) is 7.99. The highest BCUT2D eigenvalue weighted by atomic mass is 19.3. The molecule has 2 N–H and O–H groups in total. The molecular weight excluding hydrogens is 690 g/mol. The molecule has 2 aliphatic heterocycles.